The van der Waals surface area contributed by atoms with Gasteiger partial charge in [-0.1, -0.05) is 6.07 Å². The van der Waals surface area contributed by atoms with E-state index in [2.05, 4.69) is 10.0 Å². The predicted octanol–water partition coefficient (Wildman–Crippen LogP) is 2.46. The zero-order valence-electron chi connectivity index (χ0n) is 11.6. The zero-order valence-corrected chi connectivity index (χ0v) is 12.4. The van der Waals surface area contributed by atoms with E-state index in [0.29, 0.717) is 11.4 Å². The summed E-state index contributed by atoms with van der Waals surface area (Å²) in [6, 6.07) is 11.9. The second-order valence-corrected chi connectivity index (χ2v) is 6.51. The number of sulfonamides is 1. The topological polar surface area (TPSA) is 67.4 Å². The first kappa shape index (κ1) is 13.8. The number of nitrogens with one attached hydrogen (secondary N) is 2. The molecule has 0 aromatic heterocycles. The van der Waals surface area contributed by atoms with E-state index in [-0.39, 0.29) is 4.90 Å². The molecule has 5 nitrogen and oxygen atoms in total. The molecule has 1 aliphatic rings. The van der Waals surface area contributed by atoms with E-state index < -0.39 is 10.0 Å². The summed E-state index contributed by atoms with van der Waals surface area (Å²) >= 11 is 0. The Labute approximate surface area is 124 Å². The lowest BCUT2D eigenvalue weighted by Crippen LogP contribution is -2.13. The maximum absolute atomic E-state index is 12.4. The van der Waals surface area contributed by atoms with Crippen LogP contribution in [0, 0.1) is 0 Å². The van der Waals surface area contributed by atoms with Crippen molar-refractivity contribution in [3.63, 3.8) is 0 Å². The standard InChI is InChI=1S/C15H16N2O3S/c1-20-13-5-3-12(4-6-13)17-21(18,19)14-7-2-11-8-9-16-15(11)10-14/h2-7,10,16-17H,8-9H2,1H3. The van der Waals surface area contributed by atoms with E-state index in [4.69, 9.17) is 4.74 Å². The van der Waals surface area contributed by atoms with Crippen LogP contribution < -0.4 is 14.8 Å². The van der Waals surface area contributed by atoms with Crippen molar-refractivity contribution in [2.45, 2.75) is 11.3 Å². The van der Waals surface area contributed by atoms with Gasteiger partial charge in [-0.2, -0.15) is 0 Å². The number of anilines is 2. The Balaban J connectivity index is 1.86. The van der Waals surface area contributed by atoms with Gasteiger partial charge in [0.15, 0.2) is 0 Å². The molecule has 0 atom stereocenters. The first-order valence-corrected chi connectivity index (χ1v) is 8.10. The number of methoxy groups -OCH3 is 1. The molecule has 0 saturated carbocycles. The molecule has 21 heavy (non-hydrogen) atoms. The van der Waals surface area contributed by atoms with Gasteiger partial charge >= 0.3 is 0 Å². The highest BCUT2D eigenvalue weighted by atomic mass is 32.2. The number of benzene rings is 2. The number of ether oxygens (including phenoxy) is 1. The average molecular weight is 304 g/mol. The lowest BCUT2D eigenvalue weighted by Gasteiger charge is -2.10. The SMILES string of the molecule is COc1ccc(NS(=O)(=O)c2ccc3c(c2)NCC3)cc1. The molecular formula is C15H16N2O3S. The number of rotatable bonds is 4. The fraction of sp³-hybridized carbons (Fsp3) is 0.200. The van der Waals surface area contributed by atoms with Crippen LogP contribution in [0.15, 0.2) is 47.4 Å². The third kappa shape index (κ3) is 2.80. The number of hydrogen-bond donors (Lipinski definition) is 2. The summed E-state index contributed by atoms with van der Waals surface area (Å²) in [7, 11) is -2.02. The zero-order chi connectivity index (χ0) is 14.9. The molecule has 0 bridgehead atoms. The average Bonchev–Trinajstić information content (AvgIpc) is 2.95. The van der Waals surface area contributed by atoms with Crippen LogP contribution in [0.2, 0.25) is 0 Å². The summed E-state index contributed by atoms with van der Waals surface area (Å²) in [6.07, 6.45) is 0.932. The van der Waals surface area contributed by atoms with Crippen LogP contribution in [0.5, 0.6) is 5.75 Å². The third-order valence-electron chi connectivity index (χ3n) is 3.44. The van der Waals surface area contributed by atoms with Gasteiger partial charge in [0.25, 0.3) is 10.0 Å². The van der Waals surface area contributed by atoms with Crippen LogP contribution in [-0.4, -0.2) is 22.1 Å². The third-order valence-corrected chi connectivity index (χ3v) is 4.82. The summed E-state index contributed by atoms with van der Waals surface area (Å²) in [5.74, 6) is 0.680. The molecule has 2 aromatic carbocycles. The van der Waals surface area contributed by atoms with E-state index in [0.717, 1.165) is 24.2 Å². The Morgan fingerprint density at radius 3 is 2.62 bits per heavy atom. The van der Waals surface area contributed by atoms with Crippen LogP contribution in [0.1, 0.15) is 5.56 Å². The molecule has 1 heterocycles. The van der Waals surface area contributed by atoms with Gasteiger partial charge in [-0.25, -0.2) is 8.42 Å². The summed E-state index contributed by atoms with van der Waals surface area (Å²) < 4.78 is 32.4. The molecule has 0 spiro atoms. The maximum Gasteiger partial charge on any atom is 0.261 e. The van der Waals surface area contributed by atoms with Gasteiger partial charge in [-0.15, -0.1) is 0 Å². The van der Waals surface area contributed by atoms with Gasteiger partial charge in [0.1, 0.15) is 5.75 Å². The Morgan fingerprint density at radius 2 is 1.90 bits per heavy atom. The fourth-order valence-corrected chi connectivity index (χ4v) is 3.39. The highest BCUT2D eigenvalue weighted by molar-refractivity contribution is 7.92. The maximum atomic E-state index is 12.4. The second kappa shape index (κ2) is 5.29. The molecule has 0 fully saturated rings. The quantitative estimate of drug-likeness (QED) is 0.910. The fourth-order valence-electron chi connectivity index (χ4n) is 2.31. The Bertz CT molecular complexity index is 755. The molecule has 1 aliphatic heterocycles. The van der Waals surface area contributed by atoms with Crippen molar-refractivity contribution in [3.05, 3.63) is 48.0 Å². The molecule has 0 amide bonds. The molecule has 3 rings (SSSR count). The van der Waals surface area contributed by atoms with E-state index in [9.17, 15) is 8.42 Å². The van der Waals surface area contributed by atoms with Gasteiger partial charge < -0.3 is 10.1 Å². The summed E-state index contributed by atoms with van der Waals surface area (Å²) in [4.78, 5) is 0.256. The molecule has 2 aromatic rings. The van der Waals surface area contributed by atoms with Crippen LogP contribution in [0.25, 0.3) is 0 Å². The Kier molecular flexibility index (Phi) is 3.47. The van der Waals surface area contributed by atoms with Crippen molar-refractivity contribution in [1.82, 2.24) is 0 Å². The van der Waals surface area contributed by atoms with Crippen LogP contribution in [0.3, 0.4) is 0 Å². The second-order valence-electron chi connectivity index (χ2n) is 4.83. The number of fused-ring (bicyclic) bond motifs is 1. The van der Waals surface area contributed by atoms with E-state index in [1.165, 1.54) is 0 Å². The highest BCUT2D eigenvalue weighted by Gasteiger charge is 2.18. The molecular weight excluding hydrogens is 288 g/mol. The lowest BCUT2D eigenvalue weighted by atomic mass is 10.2. The molecule has 0 aliphatic carbocycles. The Hall–Kier alpha value is -2.21. The molecule has 6 heteroatoms. The van der Waals surface area contributed by atoms with E-state index in [1.807, 2.05) is 6.07 Å². The molecule has 0 unspecified atom stereocenters. The van der Waals surface area contributed by atoms with Gasteiger partial charge in [0.2, 0.25) is 0 Å². The van der Waals surface area contributed by atoms with Crippen LogP contribution >= 0.6 is 0 Å². The highest BCUT2D eigenvalue weighted by Crippen LogP contribution is 2.26. The lowest BCUT2D eigenvalue weighted by molar-refractivity contribution is 0.415. The van der Waals surface area contributed by atoms with E-state index in [1.54, 1.807) is 43.5 Å². The largest absolute Gasteiger partial charge is 0.497 e. The van der Waals surface area contributed by atoms with E-state index >= 15 is 0 Å². The van der Waals surface area contributed by atoms with Crippen molar-refractivity contribution in [1.29, 1.82) is 0 Å². The van der Waals surface area contributed by atoms with Crippen molar-refractivity contribution < 1.29 is 13.2 Å². The molecule has 2 N–H and O–H groups in total. The molecule has 0 radical (unpaired) electrons. The minimum atomic E-state index is -3.59. The first-order valence-electron chi connectivity index (χ1n) is 6.62. The van der Waals surface area contributed by atoms with Crippen molar-refractivity contribution in [2.24, 2.45) is 0 Å². The van der Waals surface area contributed by atoms with Gasteiger partial charge in [-0.05, 0) is 48.4 Å². The predicted molar refractivity (Wildman–Crippen MR) is 82.4 cm³/mol. The Morgan fingerprint density at radius 1 is 1.14 bits per heavy atom. The van der Waals surface area contributed by atoms with Crippen LogP contribution in [0.4, 0.5) is 11.4 Å². The van der Waals surface area contributed by atoms with Gasteiger partial charge in [-0.3, -0.25) is 4.72 Å². The molecule has 110 valence electrons. The van der Waals surface area contributed by atoms with Gasteiger partial charge in [0, 0.05) is 17.9 Å². The van der Waals surface area contributed by atoms with Crippen molar-refractivity contribution in [3.8, 4) is 5.75 Å². The summed E-state index contributed by atoms with van der Waals surface area (Å²) in [6.45, 7) is 0.852. The minimum absolute atomic E-state index is 0.256. The van der Waals surface area contributed by atoms with Crippen molar-refractivity contribution in [2.75, 3.05) is 23.7 Å². The monoisotopic (exact) mass is 304 g/mol. The first-order chi connectivity index (χ1) is 10.1. The van der Waals surface area contributed by atoms with Crippen molar-refractivity contribution >= 4 is 21.4 Å². The molecule has 0 saturated heterocycles. The minimum Gasteiger partial charge on any atom is -0.497 e. The smallest absolute Gasteiger partial charge is 0.261 e. The normalized spacial score (nSPS) is 13.4. The van der Waals surface area contributed by atoms with Gasteiger partial charge in [0.05, 0.1) is 12.0 Å². The summed E-state index contributed by atoms with van der Waals surface area (Å²) in [5, 5.41) is 3.18. The number of hydrogen-bond acceptors (Lipinski definition) is 4. The van der Waals surface area contributed by atoms with Crippen LogP contribution in [-0.2, 0) is 16.4 Å². The summed E-state index contributed by atoms with van der Waals surface area (Å²) in [5.41, 5.74) is 2.55.